The van der Waals surface area contributed by atoms with Crippen molar-refractivity contribution in [2.75, 3.05) is 7.11 Å². The number of benzene rings is 4. The fraction of sp³-hybridized carbons (Fsp3) is 0.167. The Bertz CT molecular complexity index is 1140. The molecule has 2 atom stereocenters. The SMILES string of the molecule is COc1ccc(C(=O)N([C@H](Cc2ccccc2)c2ccccc2)[C@@H](C)c2ccccc2)cc1. The van der Waals surface area contributed by atoms with Crippen LogP contribution in [0.2, 0.25) is 0 Å². The molecule has 3 heteroatoms. The standard InChI is InChI=1S/C30H29NO2/c1-23(25-14-8-4-9-15-25)31(30(32)27-18-20-28(33-2)21-19-27)29(26-16-10-5-11-17-26)22-24-12-6-3-7-13-24/h3-21,23,29H,22H2,1-2H3/t23-,29+/m0/s1. The molecule has 0 radical (unpaired) electrons. The van der Waals surface area contributed by atoms with Crippen molar-refractivity contribution in [3.05, 3.63) is 138 Å². The number of rotatable bonds is 8. The van der Waals surface area contributed by atoms with Crippen LogP contribution in [0.3, 0.4) is 0 Å². The smallest absolute Gasteiger partial charge is 0.254 e. The van der Waals surface area contributed by atoms with Crippen LogP contribution in [0, 0.1) is 0 Å². The van der Waals surface area contributed by atoms with Gasteiger partial charge in [-0.2, -0.15) is 0 Å². The lowest BCUT2D eigenvalue weighted by Crippen LogP contribution is -2.38. The molecule has 0 saturated heterocycles. The van der Waals surface area contributed by atoms with Gasteiger partial charge in [-0.25, -0.2) is 0 Å². The van der Waals surface area contributed by atoms with Crippen LogP contribution in [0.25, 0.3) is 0 Å². The van der Waals surface area contributed by atoms with E-state index in [4.69, 9.17) is 4.74 Å². The second-order valence-corrected chi connectivity index (χ2v) is 8.14. The first kappa shape index (κ1) is 22.3. The summed E-state index contributed by atoms with van der Waals surface area (Å²) in [6, 6.07) is 38.0. The summed E-state index contributed by atoms with van der Waals surface area (Å²) in [6.07, 6.45) is 0.726. The first-order valence-corrected chi connectivity index (χ1v) is 11.3. The van der Waals surface area contributed by atoms with E-state index in [1.54, 1.807) is 7.11 Å². The maximum Gasteiger partial charge on any atom is 0.254 e. The Morgan fingerprint density at radius 2 is 1.24 bits per heavy atom. The number of carbonyl (C=O) groups excluding carboxylic acids is 1. The van der Waals surface area contributed by atoms with Crippen molar-refractivity contribution in [1.29, 1.82) is 0 Å². The zero-order valence-corrected chi connectivity index (χ0v) is 19.1. The van der Waals surface area contributed by atoms with E-state index in [0.29, 0.717) is 5.56 Å². The summed E-state index contributed by atoms with van der Waals surface area (Å²) in [5.41, 5.74) is 4.06. The molecule has 0 fully saturated rings. The van der Waals surface area contributed by atoms with Gasteiger partial charge in [0.25, 0.3) is 5.91 Å². The Labute approximate surface area is 196 Å². The van der Waals surface area contributed by atoms with E-state index in [1.165, 1.54) is 5.56 Å². The van der Waals surface area contributed by atoms with Crippen LogP contribution in [0.4, 0.5) is 0 Å². The fourth-order valence-electron chi connectivity index (χ4n) is 4.25. The topological polar surface area (TPSA) is 29.5 Å². The Hall–Kier alpha value is -3.85. The van der Waals surface area contributed by atoms with E-state index >= 15 is 0 Å². The lowest BCUT2D eigenvalue weighted by molar-refractivity contribution is 0.0582. The number of nitrogens with zero attached hydrogens (tertiary/aromatic N) is 1. The largest absolute Gasteiger partial charge is 0.497 e. The number of ether oxygens (including phenoxy) is 1. The molecule has 3 nitrogen and oxygen atoms in total. The number of hydrogen-bond donors (Lipinski definition) is 0. The number of methoxy groups -OCH3 is 1. The summed E-state index contributed by atoms with van der Waals surface area (Å²) in [5, 5.41) is 0. The normalized spacial score (nSPS) is 12.5. The van der Waals surface area contributed by atoms with Gasteiger partial charge in [0.1, 0.15) is 5.75 Å². The zero-order valence-electron chi connectivity index (χ0n) is 19.1. The third-order valence-electron chi connectivity index (χ3n) is 6.06. The molecular formula is C30H29NO2. The molecule has 0 aromatic heterocycles. The van der Waals surface area contributed by atoms with E-state index < -0.39 is 0 Å². The molecule has 0 N–H and O–H groups in total. The van der Waals surface area contributed by atoms with E-state index in [1.807, 2.05) is 83.8 Å². The van der Waals surface area contributed by atoms with Crippen molar-refractivity contribution in [1.82, 2.24) is 4.90 Å². The Morgan fingerprint density at radius 1 is 0.727 bits per heavy atom. The van der Waals surface area contributed by atoms with Crippen molar-refractivity contribution < 1.29 is 9.53 Å². The van der Waals surface area contributed by atoms with Crippen LogP contribution in [0.15, 0.2) is 115 Å². The molecule has 0 aliphatic heterocycles. The highest BCUT2D eigenvalue weighted by Crippen LogP contribution is 2.35. The van der Waals surface area contributed by atoms with Crippen LogP contribution >= 0.6 is 0 Å². The van der Waals surface area contributed by atoms with E-state index in [-0.39, 0.29) is 18.0 Å². The maximum atomic E-state index is 14.0. The molecule has 4 aromatic rings. The molecule has 0 aliphatic rings. The third-order valence-corrected chi connectivity index (χ3v) is 6.06. The molecule has 166 valence electrons. The number of amides is 1. The molecule has 1 amide bonds. The quantitative estimate of drug-likeness (QED) is 0.302. The molecule has 4 rings (SSSR count). The minimum atomic E-state index is -0.126. The molecule has 0 heterocycles. The highest BCUT2D eigenvalue weighted by Gasteiger charge is 2.31. The summed E-state index contributed by atoms with van der Waals surface area (Å²) >= 11 is 0. The molecule has 33 heavy (non-hydrogen) atoms. The highest BCUT2D eigenvalue weighted by atomic mass is 16.5. The van der Waals surface area contributed by atoms with Gasteiger partial charge in [0.2, 0.25) is 0 Å². The average Bonchev–Trinajstić information content (AvgIpc) is 2.89. The van der Waals surface area contributed by atoms with Crippen LogP contribution in [-0.2, 0) is 6.42 Å². The van der Waals surface area contributed by atoms with Gasteiger partial charge in [0.05, 0.1) is 19.2 Å². The average molecular weight is 436 g/mol. The summed E-state index contributed by atoms with van der Waals surface area (Å²) in [7, 11) is 1.63. The Morgan fingerprint density at radius 3 is 1.79 bits per heavy atom. The van der Waals surface area contributed by atoms with Crippen LogP contribution in [0.5, 0.6) is 5.75 Å². The van der Waals surface area contributed by atoms with Crippen molar-refractivity contribution >= 4 is 5.91 Å². The van der Waals surface area contributed by atoms with Gasteiger partial charge < -0.3 is 9.64 Å². The lowest BCUT2D eigenvalue weighted by atomic mass is 9.93. The van der Waals surface area contributed by atoms with Gasteiger partial charge in [-0.1, -0.05) is 91.0 Å². The van der Waals surface area contributed by atoms with Crippen LogP contribution < -0.4 is 4.74 Å². The summed E-state index contributed by atoms with van der Waals surface area (Å²) < 4.78 is 5.30. The highest BCUT2D eigenvalue weighted by molar-refractivity contribution is 5.95. The Kier molecular flexibility index (Phi) is 7.21. The lowest BCUT2D eigenvalue weighted by Gasteiger charge is -2.38. The zero-order chi connectivity index (χ0) is 23.0. The van der Waals surface area contributed by atoms with Crippen LogP contribution in [-0.4, -0.2) is 17.9 Å². The first-order valence-electron chi connectivity index (χ1n) is 11.3. The van der Waals surface area contributed by atoms with Crippen molar-refractivity contribution in [3.63, 3.8) is 0 Å². The minimum Gasteiger partial charge on any atom is -0.497 e. The molecule has 4 aromatic carbocycles. The van der Waals surface area contributed by atoms with Gasteiger partial charge in [0, 0.05) is 5.56 Å². The van der Waals surface area contributed by atoms with Gasteiger partial charge in [-0.15, -0.1) is 0 Å². The fourth-order valence-corrected chi connectivity index (χ4v) is 4.25. The van der Waals surface area contributed by atoms with E-state index in [0.717, 1.165) is 23.3 Å². The summed E-state index contributed by atoms with van der Waals surface area (Å²) in [5.74, 6) is 0.733. The van der Waals surface area contributed by atoms with E-state index in [9.17, 15) is 4.79 Å². The number of carbonyl (C=O) groups is 1. The van der Waals surface area contributed by atoms with Crippen molar-refractivity contribution in [3.8, 4) is 5.75 Å². The van der Waals surface area contributed by atoms with Gasteiger partial charge in [-0.05, 0) is 54.3 Å². The monoisotopic (exact) mass is 435 g/mol. The second-order valence-electron chi connectivity index (χ2n) is 8.14. The summed E-state index contributed by atoms with van der Waals surface area (Å²) in [6.45, 7) is 2.11. The third kappa shape index (κ3) is 5.32. The van der Waals surface area contributed by atoms with Crippen molar-refractivity contribution in [2.45, 2.75) is 25.4 Å². The first-order chi connectivity index (χ1) is 16.2. The molecule has 0 saturated carbocycles. The maximum absolute atomic E-state index is 14.0. The number of hydrogen-bond acceptors (Lipinski definition) is 2. The second kappa shape index (κ2) is 10.6. The van der Waals surface area contributed by atoms with Gasteiger partial charge in [0.15, 0.2) is 0 Å². The van der Waals surface area contributed by atoms with E-state index in [2.05, 4.69) is 43.3 Å². The molecule has 0 spiro atoms. The molecule has 0 aliphatic carbocycles. The van der Waals surface area contributed by atoms with Crippen molar-refractivity contribution in [2.24, 2.45) is 0 Å². The molecule has 0 bridgehead atoms. The van der Waals surface area contributed by atoms with Gasteiger partial charge >= 0.3 is 0 Å². The predicted octanol–water partition coefficient (Wildman–Crippen LogP) is 6.88. The van der Waals surface area contributed by atoms with Gasteiger partial charge in [-0.3, -0.25) is 4.79 Å². The predicted molar refractivity (Wildman–Crippen MR) is 133 cm³/mol. The molecule has 0 unspecified atom stereocenters. The molecular weight excluding hydrogens is 406 g/mol. The van der Waals surface area contributed by atoms with Crippen LogP contribution in [0.1, 0.15) is 46.1 Å². The Balaban J connectivity index is 1.81. The minimum absolute atomic E-state index is 0.00112. The summed E-state index contributed by atoms with van der Waals surface area (Å²) in [4.78, 5) is 16.1.